The average molecular weight is 165 g/mol. The third kappa shape index (κ3) is 0.891. The molecule has 3 rings (SSSR count). The molecule has 0 N–H and O–H groups in total. The lowest BCUT2D eigenvalue weighted by Gasteiger charge is -2.30. The van der Waals surface area contributed by atoms with Gasteiger partial charge in [0.05, 0.1) is 0 Å². The van der Waals surface area contributed by atoms with E-state index in [0.29, 0.717) is 0 Å². The maximum absolute atomic E-state index is 2.57. The molecule has 1 aliphatic heterocycles. The zero-order valence-electron chi connectivity index (χ0n) is 8.00. The summed E-state index contributed by atoms with van der Waals surface area (Å²) in [5, 5.41) is 0. The first kappa shape index (κ1) is 7.37. The van der Waals surface area contributed by atoms with Crippen LogP contribution in [-0.4, -0.2) is 25.0 Å². The fraction of sp³-hybridized carbons (Fsp3) is 1.00. The Balaban J connectivity index is 1.86. The van der Waals surface area contributed by atoms with E-state index < -0.39 is 0 Å². The Hall–Kier alpha value is -0.0400. The Kier molecular flexibility index (Phi) is 1.52. The van der Waals surface area contributed by atoms with Gasteiger partial charge in [-0.1, -0.05) is 6.42 Å². The molecule has 1 heteroatoms. The van der Waals surface area contributed by atoms with Gasteiger partial charge in [0.1, 0.15) is 0 Å². The number of nitrogens with zero attached hydrogens (tertiary/aromatic N) is 1. The fourth-order valence-electron chi connectivity index (χ4n) is 4.22. The van der Waals surface area contributed by atoms with Crippen molar-refractivity contribution in [1.29, 1.82) is 0 Å². The van der Waals surface area contributed by atoms with Gasteiger partial charge in [-0.2, -0.15) is 0 Å². The minimum absolute atomic E-state index is 1.08. The third-order valence-corrected chi connectivity index (χ3v) is 4.53. The summed E-state index contributed by atoms with van der Waals surface area (Å²) < 4.78 is 0. The van der Waals surface area contributed by atoms with Gasteiger partial charge in [-0.3, -0.25) is 0 Å². The zero-order valence-corrected chi connectivity index (χ0v) is 8.00. The number of piperidine rings is 1. The van der Waals surface area contributed by atoms with E-state index in [1.807, 2.05) is 0 Å². The summed E-state index contributed by atoms with van der Waals surface area (Å²) in [5.41, 5.74) is 0. The van der Waals surface area contributed by atoms with Crippen molar-refractivity contribution in [2.45, 2.75) is 25.7 Å². The van der Waals surface area contributed by atoms with E-state index in [9.17, 15) is 0 Å². The maximum Gasteiger partial charge on any atom is 0.000959 e. The molecule has 1 heterocycles. The van der Waals surface area contributed by atoms with E-state index in [1.165, 1.54) is 19.5 Å². The summed E-state index contributed by atoms with van der Waals surface area (Å²) in [6.45, 7) is 2.80. The van der Waals surface area contributed by atoms with Crippen LogP contribution in [0.2, 0.25) is 0 Å². The van der Waals surface area contributed by atoms with Gasteiger partial charge in [-0.25, -0.2) is 0 Å². The monoisotopic (exact) mass is 165 g/mol. The van der Waals surface area contributed by atoms with Gasteiger partial charge in [-0.05, 0) is 50.0 Å². The lowest BCUT2D eigenvalue weighted by Crippen LogP contribution is -2.34. The van der Waals surface area contributed by atoms with Gasteiger partial charge in [0.2, 0.25) is 0 Å². The molecular weight excluding hydrogens is 146 g/mol. The average Bonchev–Trinajstić information content (AvgIpc) is 2.56. The van der Waals surface area contributed by atoms with Gasteiger partial charge in [-0.15, -0.1) is 0 Å². The highest BCUT2D eigenvalue weighted by Crippen LogP contribution is 2.53. The minimum atomic E-state index is 1.08. The molecule has 0 aromatic carbocycles. The van der Waals surface area contributed by atoms with Gasteiger partial charge in [0.15, 0.2) is 0 Å². The van der Waals surface area contributed by atoms with Crippen molar-refractivity contribution >= 4 is 0 Å². The molecule has 4 atom stereocenters. The van der Waals surface area contributed by atoms with E-state index in [1.54, 1.807) is 19.3 Å². The first-order chi connectivity index (χ1) is 5.84. The first-order valence-corrected chi connectivity index (χ1v) is 5.53. The highest BCUT2D eigenvalue weighted by Gasteiger charge is 2.48. The van der Waals surface area contributed by atoms with E-state index in [4.69, 9.17) is 0 Å². The van der Waals surface area contributed by atoms with Crippen LogP contribution in [0.4, 0.5) is 0 Å². The fourth-order valence-corrected chi connectivity index (χ4v) is 4.22. The minimum Gasteiger partial charge on any atom is -0.306 e. The molecule has 0 aromatic heterocycles. The Morgan fingerprint density at radius 2 is 1.58 bits per heavy atom. The third-order valence-electron chi connectivity index (χ3n) is 4.53. The van der Waals surface area contributed by atoms with Gasteiger partial charge in [0, 0.05) is 13.1 Å². The lowest BCUT2D eigenvalue weighted by atomic mass is 9.92. The second kappa shape index (κ2) is 2.47. The number of likely N-dealkylation sites (tertiary alicyclic amines) is 1. The second-order valence-electron chi connectivity index (χ2n) is 5.24. The van der Waals surface area contributed by atoms with Crippen molar-refractivity contribution < 1.29 is 0 Å². The van der Waals surface area contributed by atoms with Crippen LogP contribution in [0, 0.1) is 23.7 Å². The van der Waals surface area contributed by atoms with Crippen molar-refractivity contribution in [1.82, 2.24) is 4.90 Å². The molecule has 0 aromatic rings. The Morgan fingerprint density at radius 1 is 1.00 bits per heavy atom. The van der Waals surface area contributed by atoms with Crippen molar-refractivity contribution in [3.8, 4) is 0 Å². The molecule has 12 heavy (non-hydrogen) atoms. The molecule has 1 saturated heterocycles. The summed E-state index contributed by atoms with van der Waals surface area (Å²) in [7, 11) is 2.31. The SMILES string of the molecule is CN1CC2CC(C1)C1CCCC21. The van der Waals surface area contributed by atoms with Crippen molar-refractivity contribution in [3.05, 3.63) is 0 Å². The van der Waals surface area contributed by atoms with Crippen molar-refractivity contribution in [2.24, 2.45) is 23.7 Å². The van der Waals surface area contributed by atoms with Crippen LogP contribution < -0.4 is 0 Å². The van der Waals surface area contributed by atoms with Gasteiger partial charge in [0.25, 0.3) is 0 Å². The molecule has 0 spiro atoms. The van der Waals surface area contributed by atoms with E-state index in [-0.39, 0.29) is 0 Å². The quantitative estimate of drug-likeness (QED) is 0.530. The summed E-state index contributed by atoms with van der Waals surface area (Å²) in [6, 6.07) is 0. The summed E-state index contributed by atoms with van der Waals surface area (Å²) in [6.07, 6.45) is 6.21. The molecule has 3 fully saturated rings. The van der Waals surface area contributed by atoms with Crippen LogP contribution in [0.25, 0.3) is 0 Å². The van der Waals surface area contributed by atoms with Crippen molar-refractivity contribution in [3.63, 3.8) is 0 Å². The standard InChI is InChI=1S/C11H19N/c1-12-6-8-5-9(7-12)11-4-2-3-10(8)11/h8-11H,2-7H2,1H3. The van der Waals surface area contributed by atoms with Crippen LogP contribution in [0.5, 0.6) is 0 Å². The van der Waals surface area contributed by atoms with E-state index in [2.05, 4.69) is 11.9 Å². The number of fused-ring (bicyclic) bond motifs is 5. The molecule has 4 unspecified atom stereocenters. The summed E-state index contributed by atoms with van der Waals surface area (Å²) >= 11 is 0. The molecule has 3 aliphatic rings. The molecule has 68 valence electrons. The highest BCUT2D eigenvalue weighted by molar-refractivity contribution is 4.98. The normalized spacial score (nSPS) is 52.8. The topological polar surface area (TPSA) is 3.24 Å². The molecule has 0 radical (unpaired) electrons. The predicted octanol–water partition coefficient (Wildman–Crippen LogP) is 1.98. The van der Waals surface area contributed by atoms with Gasteiger partial charge < -0.3 is 4.90 Å². The zero-order chi connectivity index (χ0) is 8.13. The van der Waals surface area contributed by atoms with Crippen molar-refractivity contribution in [2.75, 3.05) is 20.1 Å². The molecule has 2 bridgehead atoms. The number of hydrogen-bond donors (Lipinski definition) is 0. The van der Waals surface area contributed by atoms with Crippen LogP contribution in [0.3, 0.4) is 0 Å². The second-order valence-corrected chi connectivity index (χ2v) is 5.24. The maximum atomic E-state index is 2.57. The Bertz CT molecular complexity index is 167. The first-order valence-electron chi connectivity index (χ1n) is 5.53. The van der Waals surface area contributed by atoms with Crippen LogP contribution in [0.15, 0.2) is 0 Å². The van der Waals surface area contributed by atoms with Crippen LogP contribution in [0.1, 0.15) is 25.7 Å². The number of hydrogen-bond acceptors (Lipinski definition) is 1. The molecule has 0 amide bonds. The molecular formula is C11H19N. The van der Waals surface area contributed by atoms with E-state index in [0.717, 1.165) is 23.7 Å². The summed E-state index contributed by atoms with van der Waals surface area (Å²) in [5.74, 6) is 4.45. The molecule has 1 nitrogen and oxygen atoms in total. The largest absolute Gasteiger partial charge is 0.306 e. The van der Waals surface area contributed by atoms with Crippen LogP contribution >= 0.6 is 0 Å². The van der Waals surface area contributed by atoms with Gasteiger partial charge >= 0.3 is 0 Å². The van der Waals surface area contributed by atoms with E-state index >= 15 is 0 Å². The molecule has 2 aliphatic carbocycles. The Labute approximate surface area is 75.1 Å². The number of rotatable bonds is 0. The highest BCUT2D eigenvalue weighted by atomic mass is 15.1. The van der Waals surface area contributed by atoms with Crippen LogP contribution in [-0.2, 0) is 0 Å². The Morgan fingerprint density at radius 3 is 2.17 bits per heavy atom. The summed E-state index contributed by atoms with van der Waals surface area (Å²) in [4.78, 5) is 2.57. The smallest absolute Gasteiger partial charge is 0.000959 e. The predicted molar refractivity (Wildman–Crippen MR) is 49.9 cm³/mol. The molecule has 2 saturated carbocycles. The lowest BCUT2D eigenvalue weighted by molar-refractivity contribution is 0.182.